The van der Waals surface area contributed by atoms with Crippen LogP contribution in [-0.2, 0) is 11.2 Å². The van der Waals surface area contributed by atoms with Crippen LogP contribution in [0.25, 0.3) is 11.3 Å². The second-order valence-corrected chi connectivity index (χ2v) is 6.72. The van der Waals surface area contributed by atoms with Gasteiger partial charge in [0.15, 0.2) is 0 Å². The van der Waals surface area contributed by atoms with Gasteiger partial charge in [0, 0.05) is 17.9 Å². The molecule has 28 heavy (non-hydrogen) atoms. The van der Waals surface area contributed by atoms with Crippen molar-refractivity contribution in [3.05, 3.63) is 81.8 Å². The second kappa shape index (κ2) is 8.91. The van der Waals surface area contributed by atoms with E-state index >= 15 is 0 Å². The van der Waals surface area contributed by atoms with Crippen molar-refractivity contribution in [2.24, 2.45) is 0 Å². The van der Waals surface area contributed by atoms with E-state index in [1.807, 2.05) is 0 Å². The molecule has 0 saturated heterocycles. The molecule has 1 aromatic heterocycles. The smallest absolute Gasteiger partial charge is 0.271 e. The maximum absolute atomic E-state index is 13.8. The van der Waals surface area contributed by atoms with E-state index < -0.39 is 11.8 Å². The van der Waals surface area contributed by atoms with Gasteiger partial charge < -0.3 is 4.42 Å². The molecule has 0 saturated carbocycles. The third-order valence-electron chi connectivity index (χ3n) is 3.89. The summed E-state index contributed by atoms with van der Waals surface area (Å²) < 4.78 is 19.4. The number of benzene rings is 2. The number of halogens is 3. The number of furan rings is 1. The summed E-state index contributed by atoms with van der Waals surface area (Å²) in [6.45, 7) is 0. The minimum absolute atomic E-state index is 0.0633. The summed E-state index contributed by atoms with van der Waals surface area (Å²) in [5.41, 5.74) is 5.08. The van der Waals surface area contributed by atoms with Crippen LogP contribution in [0.1, 0.15) is 22.5 Å². The van der Waals surface area contributed by atoms with Crippen LogP contribution in [0.3, 0.4) is 0 Å². The molecule has 2 N–H and O–H groups in total. The quantitative estimate of drug-likeness (QED) is 0.583. The number of rotatable bonds is 5. The average molecular weight is 421 g/mol. The first kappa shape index (κ1) is 19.9. The Labute approximate surface area is 170 Å². The Morgan fingerprint density at radius 2 is 1.79 bits per heavy atom. The number of nitrogens with one attached hydrogen (secondary N) is 2. The fourth-order valence-corrected chi connectivity index (χ4v) is 2.86. The van der Waals surface area contributed by atoms with Gasteiger partial charge in [-0.05, 0) is 42.5 Å². The zero-order valence-corrected chi connectivity index (χ0v) is 16.0. The highest BCUT2D eigenvalue weighted by Crippen LogP contribution is 2.25. The van der Waals surface area contributed by atoms with Gasteiger partial charge in [-0.15, -0.1) is 0 Å². The minimum Gasteiger partial charge on any atom is -0.461 e. The van der Waals surface area contributed by atoms with Crippen LogP contribution in [0.4, 0.5) is 4.39 Å². The van der Waals surface area contributed by atoms with Gasteiger partial charge >= 0.3 is 0 Å². The Kier molecular flexibility index (Phi) is 6.34. The SMILES string of the molecule is O=C(CCc1ccc(-c2ccccc2F)o1)NNC(=O)c1cc(Cl)ccc1Cl. The van der Waals surface area contributed by atoms with Crippen LogP contribution in [0.15, 0.2) is 59.0 Å². The number of carbonyl (C=O) groups is 2. The topological polar surface area (TPSA) is 71.3 Å². The standard InChI is InChI=1S/C20H15Cl2FN2O3/c21-12-5-8-16(22)15(11-12)20(27)25-24-19(26)10-7-13-6-9-18(28-13)14-3-1-2-4-17(14)23/h1-6,8-9,11H,7,10H2,(H,24,26)(H,25,27). The van der Waals surface area contributed by atoms with Crippen molar-refractivity contribution in [3.63, 3.8) is 0 Å². The van der Waals surface area contributed by atoms with Gasteiger partial charge in [-0.3, -0.25) is 20.4 Å². The molecule has 0 fully saturated rings. The number of hydrazine groups is 1. The van der Waals surface area contributed by atoms with E-state index in [-0.39, 0.29) is 29.2 Å². The van der Waals surface area contributed by atoms with Crippen molar-refractivity contribution in [2.45, 2.75) is 12.8 Å². The summed E-state index contributed by atoms with van der Waals surface area (Å²) in [6.07, 6.45) is 0.349. The molecule has 0 aliphatic rings. The Bertz CT molecular complexity index is 1020. The fraction of sp³-hybridized carbons (Fsp3) is 0.100. The molecule has 8 heteroatoms. The third-order valence-corrected chi connectivity index (χ3v) is 4.45. The summed E-state index contributed by atoms with van der Waals surface area (Å²) in [5, 5.41) is 0.566. The van der Waals surface area contributed by atoms with Crippen molar-refractivity contribution >= 4 is 35.0 Å². The van der Waals surface area contributed by atoms with Gasteiger partial charge in [0.05, 0.1) is 16.1 Å². The predicted octanol–water partition coefficient (Wildman–Crippen LogP) is 4.79. The summed E-state index contributed by atoms with van der Waals surface area (Å²) >= 11 is 11.8. The lowest BCUT2D eigenvalue weighted by molar-refractivity contribution is -0.121. The molecular formula is C20H15Cl2FN2O3. The molecule has 0 aliphatic heterocycles. The van der Waals surface area contributed by atoms with E-state index in [9.17, 15) is 14.0 Å². The van der Waals surface area contributed by atoms with Gasteiger partial charge in [-0.25, -0.2) is 4.39 Å². The van der Waals surface area contributed by atoms with E-state index in [0.717, 1.165) is 0 Å². The first-order valence-electron chi connectivity index (χ1n) is 8.32. The molecule has 3 rings (SSSR count). The first-order chi connectivity index (χ1) is 13.4. The average Bonchev–Trinajstić information content (AvgIpc) is 3.15. The minimum atomic E-state index is -0.583. The van der Waals surface area contributed by atoms with Gasteiger partial charge in [-0.2, -0.15) is 0 Å². The third kappa shape index (κ3) is 4.91. The highest BCUT2D eigenvalue weighted by Gasteiger charge is 2.13. The molecule has 144 valence electrons. The van der Waals surface area contributed by atoms with Crippen molar-refractivity contribution in [1.29, 1.82) is 0 Å². The maximum Gasteiger partial charge on any atom is 0.271 e. The van der Waals surface area contributed by atoms with Crippen LogP contribution < -0.4 is 10.9 Å². The predicted molar refractivity (Wildman–Crippen MR) is 104 cm³/mol. The zero-order valence-electron chi connectivity index (χ0n) is 14.5. The number of hydrogen-bond acceptors (Lipinski definition) is 3. The number of aryl methyl sites for hydroxylation is 1. The van der Waals surface area contributed by atoms with Gasteiger partial charge in [0.25, 0.3) is 5.91 Å². The van der Waals surface area contributed by atoms with Gasteiger partial charge in [0.1, 0.15) is 17.3 Å². The van der Waals surface area contributed by atoms with Gasteiger partial charge in [-0.1, -0.05) is 35.3 Å². The second-order valence-electron chi connectivity index (χ2n) is 5.87. The lowest BCUT2D eigenvalue weighted by atomic mass is 10.1. The molecule has 2 aromatic carbocycles. The van der Waals surface area contributed by atoms with E-state index in [1.165, 1.54) is 18.2 Å². The van der Waals surface area contributed by atoms with E-state index in [1.54, 1.807) is 36.4 Å². The van der Waals surface area contributed by atoms with E-state index in [2.05, 4.69) is 10.9 Å². The summed E-state index contributed by atoms with van der Waals surface area (Å²) in [6, 6.07) is 14.0. The van der Waals surface area contributed by atoms with E-state index in [4.69, 9.17) is 27.6 Å². The molecule has 0 bridgehead atoms. The molecular weight excluding hydrogens is 406 g/mol. The molecule has 0 atom stereocenters. The molecule has 1 heterocycles. The van der Waals surface area contributed by atoms with Crippen LogP contribution in [0.2, 0.25) is 10.0 Å². The normalized spacial score (nSPS) is 10.5. The van der Waals surface area contributed by atoms with Crippen LogP contribution in [0.5, 0.6) is 0 Å². The Morgan fingerprint density at radius 3 is 2.57 bits per heavy atom. The molecule has 3 aromatic rings. The highest BCUT2D eigenvalue weighted by atomic mass is 35.5. The summed E-state index contributed by atoms with van der Waals surface area (Å²) in [4.78, 5) is 24.0. The van der Waals surface area contributed by atoms with Crippen LogP contribution in [-0.4, -0.2) is 11.8 Å². The monoisotopic (exact) mass is 420 g/mol. The fourth-order valence-electron chi connectivity index (χ4n) is 2.48. The number of carbonyl (C=O) groups excluding carboxylic acids is 2. The first-order valence-corrected chi connectivity index (χ1v) is 9.07. The highest BCUT2D eigenvalue weighted by molar-refractivity contribution is 6.35. The molecule has 5 nitrogen and oxygen atoms in total. The molecule has 0 spiro atoms. The number of hydrogen-bond donors (Lipinski definition) is 2. The zero-order chi connectivity index (χ0) is 20.1. The van der Waals surface area contributed by atoms with E-state index in [0.29, 0.717) is 22.1 Å². The van der Waals surface area contributed by atoms with Crippen molar-refractivity contribution in [2.75, 3.05) is 0 Å². The summed E-state index contributed by atoms with van der Waals surface area (Å²) in [7, 11) is 0. The molecule has 0 aliphatic carbocycles. The molecule has 0 unspecified atom stereocenters. The Hall–Kier alpha value is -2.83. The van der Waals surface area contributed by atoms with Crippen molar-refractivity contribution < 1.29 is 18.4 Å². The Morgan fingerprint density at radius 1 is 1.00 bits per heavy atom. The summed E-state index contributed by atoms with van der Waals surface area (Å²) in [5.74, 6) is -0.477. The lowest BCUT2D eigenvalue weighted by Gasteiger charge is -2.08. The lowest BCUT2D eigenvalue weighted by Crippen LogP contribution is -2.41. The van der Waals surface area contributed by atoms with Crippen LogP contribution in [0, 0.1) is 5.82 Å². The largest absolute Gasteiger partial charge is 0.461 e. The number of amides is 2. The van der Waals surface area contributed by atoms with Crippen LogP contribution >= 0.6 is 23.2 Å². The molecule has 2 amide bonds. The molecule has 0 radical (unpaired) electrons. The van der Waals surface area contributed by atoms with Crippen molar-refractivity contribution in [1.82, 2.24) is 10.9 Å². The van der Waals surface area contributed by atoms with Gasteiger partial charge in [0.2, 0.25) is 5.91 Å². The maximum atomic E-state index is 13.8. The Balaban J connectivity index is 1.52. The van der Waals surface area contributed by atoms with Crippen molar-refractivity contribution in [3.8, 4) is 11.3 Å².